The van der Waals surface area contributed by atoms with E-state index in [1.807, 2.05) is 20.8 Å². The van der Waals surface area contributed by atoms with Gasteiger partial charge in [-0.05, 0) is 44.3 Å². The first-order valence-corrected chi connectivity index (χ1v) is 7.14. The standard InChI is InChI=1S/C15H22O4/c1-7-9-4-5-15(3,18)10-6-11(16)8(2)12(10)13(9)19-14(7)17/h7,9-11,13,16,18H,4-6H2,1-3H3/t7-,9-,10?,11-,13-,15+/m0/s1. The fourth-order valence-electron chi connectivity index (χ4n) is 4.09. The Balaban J connectivity index is 2.07. The summed E-state index contributed by atoms with van der Waals surface area (Å²) < 4.78 is 5.56. The summed E-state index contributed by atoms with van der Waals surface area (Å²) in [5, 5.41) is 20.8. The molecular weight excluding hydrogens is 244 g/mol. The number of esters is 1. The van der Waals surface area contributed by atoms with Crippen LogP contribution in [0.25, 0.3) is 0 Å². The van der Waals surface area contributed by atoms with Crippen LogP contribution in [-0.4, -0.2) is 34.0 Å². The molecule has 3 rings (SSSR count). The Hall–Kier alpha value is -0.870. The second-order valence-corrected chi connectivity index (χ2v) is 6.65. The molecule has 6 atom stereocenters. The highest BCUT2D eigenvalue weighted by molar-refractivity contribution is 5.75. The Morgan fingerprint density at radius 3 is 2.79 bits per heavy atom. The molecule has 0 spiro atoms. The molecule has 2 N–H and O–H groups in total. The van der Waals surface area contributed by atoms with Gasteiger partial charge in [0.15, 0.2) is 0 Å². The molecule has 1 heterocycles. The van der Waals surface area contributed by atoms with Gasteiger partial charge in [-0.3, -0.25) is 4.79 Å². The van der Waals surface area contributed by atoms with E-state index in [9.17, 15) is 15.0 Å². The predicted molar refractivity (Wildman–Crippen MR) is 69.2 cm³/mol. The van der Waals surface area contributed by atoms with Crippen LogP contribution >= 0.6 is 0 Å². The van der Waals surface area contributed by atoms with Gasteiger partial charge in [-0.15, -0.1) is 0 Å². The van der Waals surface area contributed by atoms with Gasteiger partial charge in [-0.1, -0.05) is 6.92 Å². The summed E-state index contributed by atoms with van der Waals surface area (Å²) in [6.45, 7) is 5.65. The number of carbonyl (C=O) groups is 1. The average molecular weight is 266 g/mol. The van der Waals surface area contributed by atoms with Gasteiger partial charge in [0.05, 0.1) is 17.6 Å². The molecule has 0 bridgehead atoms. The van der Waals surface area contributed by atoms with Crippen LogP contribution in [0.15, 0.2) is 11.1 Å². The summed E-state index contributed by atoms with van der Waals surface area (Å²) in [4.78, 5) is 11.8. The lowest BCUT2D eigenvalue weighted by Gasteiger charge is -2.31. The highest BCUT2D eigenvalue weighted by Crippen LogP contribution is 2.51. The van der Waals surface area contributed by atoms with Crippen LogP contribution in [0.5, 0.6) is 0 Å². The molecule has 106 valence electrons. The lowest BCUT2D eigenvalue weighted by molar-refractivity contribution is -0.143. The maximum Gasteiger partial charge on any atom is 0.309 e. The third kappa shape index (κ3) is 1.77. The van der Waals surface area contributed by atoms with Crippen molar-refractivity contribution in [2.24, 2.45) is 17.8 Å². The van der Waals surface area contributed by atoms with Gasteiger partial charge >= 0.3 is 5.97 Å². The summed E-state index contributed by atoms with van der Waals surface area (Å²) in [6, 6.07) is 0. The molecule has 4 nitrogen and oxygen atoms in total. The van der Waals surface area contributed by atoms with Gasteiger partial charge in [0.2, 0.25) is 0 Å². The van der Waals surface area contributed by atoms with Crippen molar-refractivity contribution < 1.29 is 19.7 Å². The van der Waals surface area contributed by atoms with Crippen molar-refractivity contribution in [2.75, 3.05) is 0 Å². The van der Waals surface area contributed by atoms with Gasteiger partial charge in [0, 0.05) is 11.8 Å². The van der Waals surface area contributed by atoms with Crippen LogP contribution in [0.2, 0.25) is 0 Å². The zero-order valence-corrected chi connectivity index (χ0v) is 11.7. The number of fused-ring (bicyclic) bond motifs is 3. The first-order chi connectivity index (χ1) is 8.83. The Morgan fingerprint density at radius 1 is 1.42 bits per heavy atom. The molecule has 1 saturated carbocycles. The summed E-state index contributed by atoms with van der Waals surface area (Å²) in [7, 11) is 0. The van der Waals surface area contributed by atoms with Gasteiger partial charge in [-0.2, -0.15) is 0 Å². The van der Waals surface area contributed by atoms with E-state index in [1.165, 1.54) is 0 Å². The van der Waals surface area contributed by atoms with Crippen molar-refractivity contribution in [3.8, 4) is 0 Å². The van der Waals surface area contributed by atoms with Crippen molar-refractivity contribution in [3.05, 3.63) is 11.1 Å². The number of aliphatic hydroxyl groups excluding tert-OH is 1. The van der Waals surface area contributed by atoms with Gasteiger partial charge in [0.25, 0.3) is 0 Å². The average Bonchev–Trinajstić information content (AvgIpc) is 2.74. The van der Waals surface area contributed by atoms with E-state index in [1.54, 1.807) is 0 Å². The molecule has 0 aromatic rings. The van der Waals surface area contributed by atoms with E-state index in [2.05, 4.69) is 0 Å². The molecule has 0 amide bonds. The maximum absolute atomic E-state index is 11.8. The molecule has 1 aliphatic heterocycles. The van der Waals surface area contributed by atoms with Crippen LogP contribution in [0.1, 0.15) is 40.0 Å². The minimum atomic E-state index is -0.815. The Kier molecular flexibility index (Phi) is 2.81. The summed E-state index contributed by atoms with van der Waals surface area (Å²) in [5.74, 6) is -0.204. The second-order valence-electron chi connectivity index (χ2n) is 6.65. The van der Waals surface area contributed by atoms with Crippen LogP contribution in [0.4, 0.5) is 0 Å². The fourth-order valence-corrected chi connectivity index (χ4v) is 4.09. The molecule has 1 saturated heterocycles. The number of carbonyl (C=O) groups excluding carboxylic acids is 1. The van der Waals surface area contributed by atoms with Crippen molar-refractivity contribution in [1.82, 2.24) is 0 Å². The summed E-state index contributed by atoms with van der Waals surface area (Å²) >= 11 is 0. The zero-order valence-electron chi connectivity index (χ0n) is 11.7. The van der Waals surface area contributed by atoms with Crippen LogP contribution in [0.3, 0.4) is 0 Å². The van der Waals surface area contributed by atoms with E-state index in [-0.39, 0.29) is 29.8 Å². The highest BCUT2D eigenvalue weighted by Gasteiger charge is 2.54. The number of aliphatic hydroxyl groups is 2. The zero-order chi connectivity index (χ0) is 13.9. The quantitative estimate of drug-likeness (QED) is 0.514. The summed E-state index contributed by atoms with van der Waals surface area (Å²) in [6.07, 6.45) is 1.25. The number of rotatable bonds is 0. The topological polar surface area (TPSA) is 66.8 Å². The minimum absolute atomic E-state index is 0.0874. The molecule has 0 aromatic heterocycles. The van der Waals surface area contributed by atoms with Crippen molar-refractivity contribution in [3.63, 3.8) is 0 Å². The highest BCUT2D eigenvalue weighted by atomic mass is 16.6. The smallest absolute Gasteiger partial charge is 0.309 e. The number of ether oxygens (including phenoxy) is 1. The van der Waals surface area contributed by atoms with E-state index in [0.29, 0.717) is 12.8 Å². The van der Waals surface area contributed by atoms with Crippen LogP contribution in [-0.2, 0) is 9.53 Å². The second kappa shape index (κ2) is 4.06. The molecule has 3 aliphatic rings. The normalized spacial score (nSPS) is 49.7. The van der Waals surface area contributed by atoms with Gasteiger partial charge < -0.3 is 14.9 Å². The molecular formula is C15H22O4. The first kappa shape index (κ1) is 13.1. The molecule has 1 unspecified atom stereocenters. The molecule has 4 heteroatoms. The third-order valence-corrected chi connectivity index (χ3v) is 5.48. The molecule has 2 aliphatic carbocycles. The largest absolute Gasteiger partial charge is 0.457 e. The van der Waals surface area contributed by atoms with Gasteiger partial charge in [0.1, 0.15) is 6.10 Å². The van der Waals surface area contributed by atoms with E-state index in [0.717, 1.165) is 17.6 Å². The van der Waals surface area contributed by atoms with Crippen LogP contribution in [0, 0.1) is 17.8 Å². The first-order valence-electron chi connectivity index (χ1n) is 7.14. The lowest BCUT2D eigenvalue weighted by Crippen LogP contribution is -2.35. The maximum atomic E-state index is 11.8. The summed E-state index contributed by atoms with van der Waals surface area (Å²) in [5.41, 5.74) is 1.06. The number of hydrogen-bond acceptors (Lipinski definition) is 4. The fraction of sp³-hybridized carbons (Fsp3) is 0.800. The number of hydrogen-bond donors (Lipinski definition) is 2. The molecule has 0 aromatic carbocycles. The van der Waals surface area contributed by atoms with E-state index < -0.39 is 11.7 Å². The molecule has 2 fully saturated rings. The predicted octanol–water partition coefficient (Wildman–Crippen LogP) is 1.41. The Labute approximate surface area is 113 Å². The molecule has 19 heavy (non-hydrogen) atoms. The van der Waals surface area contributed by atoms with Crippen LogP contribution < -0.4 is 0 Å². The Morgan fingerprint density at radius 2 is 2.11 bits per heavy atom. The van der Waals surface area contributed by atoms with Gasteiger partial charge in [-0.25, -0.2) is 0 Å². The molecule has 0 radical (unpaired) electrons. The van der Waals surface area contributed by atoms with Crippen molar-refractivity contribution in [1.29, 1.82) is 0 Å². The minimum Gasteiger partial charge on any atom is -0.457 e. The van der Waals surface area contributed by atoms with E-state index >= 15 is 0 Å². The Bertz CT molecular complexity index is 451. The SMILES string of the molecule is CC1=C2C(C[C@@H]1O)[C@](C)(O)CC[C@H]1[C@H](C)C(=O)O[C@H]21. The van der Waals surface area contributed by atoms with Crippen molar-refractivity contribution in [2.45, 2.75) is 57.8 Å². The third-order valence-electron chi connectivity index (χ3n) is 5.48. The monoisotopic (exact) mass is 266 g/mol. The lowest BCUT2D eigenvalue weighted by atomic mass is 9.81. The van der Waals surface area contributed by atoms with E-state index in [4.69, 9.17) is 4.74 Å². The van der Waals surface area contributed by atoms with Crippen molar-refractivity contribution >= 4 is 5.97 Å².